The summed E-state index contributed by atoms with van der Waals surface area (Å²) in [7, 11) is 1.98. The molecule has 22 heteroatoms. The average molecular weight is 1160 g/mol. The lowest BCUT2D eigenvalue weighted by Gasteiger charge is -2.24. The lowest BCUT2D eigenvalue weighted by atomic mass is 9.81. The van der Waals surface area contributed by atoms with Gasteiger partial charge in [0.2, 0.25) is 0 Å². The molecular formula is C60H69N7O13S2. The summed E-state index contributed by atoms with van der Waals surface area (Å²) in [6.07, 6.45) is 14.3. The molecule has 434 valence electrons. The van der Waals surface area contributed by atoms with E-state index in [1.807, 2.05) is 57.7 Å². The van der Waals surface area contributed by atoms with Crippen LogP contribution in [-0.2, 0) is 47.9 Å². The van der Waals surface area contributed by atoms with Crippen molar-refractivity contribution in [3.8, 4) is 34.0 Å². The van der Waals surface area contributed by atoms with Crippen molar-refractivity contribution >= 4 is 84.0 Å². The summed E-state index contributed by atoms with van der Waals surface area (Å²) < 4.78 is 70.4. The zero-order valence-electron chi connectivity index (χ0n) is 47.2. The fourth-order valence-electron chi connectivity index (χ4n) is 11.7. The molecule has 4 aliphatic rings. The lowest BCUT2D eigenvalue weighted by Crippen LogP contribution is -2.41. The van der Waals surface area contributed by atoms with Gasteiger partial charge in [0.1, 0.15) is 17.5 Å². The van der Waals surface area contributed by atoms with E-state index in [1.165, 1.54) is 53.5 Å². The SMILES string of the molecule is COc1ccc2c(c1)C=C(C(=O)N(C)[C@H](C)C(=O)O)Cn1c-2c(C2CCCCC2)c2ccc(C(=O)NS(=O)(=O)N(C)C)cc21.COc1ccc2c(c1)C=C(C(=O)O)Cn1c-2c(C2CCCCC2)c2ccc(C(=O)NS(=O)(=O)N(C)C)cc21. The van der Waals surface area contributed by atoms with Crippen molar-refractivity contribution in [3.05, 3.63) is 117 Å². The summed E-state index contributed by atoms with van der Waals surface area (Å²) in [6.45, 7) is 1.68. The number of methoxy groups -OCH3 is 2. The van der Waals surface area contributed by atoms with Crippen LogP contribution in [0.25, 0.3) is 56.5 Å². The van der Waals surface area contributed by atoms with Gasteiger partial charge in [-0.3, -0.25) is 14.4 Å². The molecule has 6 aromatic rings. The van der Waals surface area contributed by atoms with Crippen molar-refractivity contribution < 1.29 is 60.5 Å². The van der Waals surface area contributed by atoms with Crippen LogP contribution in [0.2, 0.25) is 0 Å². The number of amides is 3. The van der Waals surface area contributed by atoms with E-state index < -0.39 is 56.1 Å². The zero-order chi connectivity index (χ0) is 59.1. The van der Waals surface area contributed by atoms with Gasteiger partial charge in [0, 0.05) is 84.9 Å². The largest absolute Gasteiger partial charge is 0.497 e. The van der Waals surface area contributed by atoms with Crippen LogP contribution in [0.1, 0.15) is 126 Å². The number of fused-ring (bicyclic) bond motifs is 10. The predicted octanol–water partition coefficient (Wildman–Crippen LogP) is 8.61. The predicted molar refractivity (Wildman–Crippen MR) is 313 cm³/mol. The highest BCUT2D eigenvalue weighted by Gasteiger charge is 2.35. The Bertz CT molecular complexity index is 3860. The van der Waals surface area contributed by atoms with Gasteiger partial charge in [-0.1, -0.05) is 50.7 Å². The number of benzene rings is 4. The highest BCUT2D eigenvalue weighted by Crippen LogP contribution is 2.49. The third-order valence-corrected chi connectivity index (χ3v) is 19.1. The molecule has 4 heterocycles. The minimum atomic E-state index is -4.02. The molecule has 2 aliphatic heterocycles. The van der Waals surface area contributed by atoms with Crippen molar-refractivity contribution in [1.29, 1.82) is 0 Å². The fraction of sp³-hybridized carbons (Fsp3) is 0.383. The van der Waals surface area contributed by atoms with Gasteiger partial charge in [0.15, 0.2) is 0 Å². The highest BCUT2D eigenvalue weighted by molar-refractivity contribution is 7.88. The van der Waals surface area contributed by atoms with E-state index in [1.54, 1.807) is 50.6 Å². The van der Waals surface area contributed by atoms with Gasteiger partial charge in [-0.25, -0.2) is 19.0 Å². The first-order valence-electron chi connectivity index (χ1n) is 27.3. The van der Waals surface area contributed by atoms with Crippen LogP contribution in [0.15, 0.2) is 83.9 Å². The summed E-state index contributed by atoms with van der Waals surface area (Å²) in [5.74, 6) is -2.31. The molecule has 0 spiro atoms. The topological polar surface area (TPSA) is 256 Å². The summed E-state index contributed by atoms with van der Waals surface area (Å²) in [6, 6.07) is 20.7. The molecule has 2 saturated carbocycles. The van der Waals surface area contributed by atoms with Crippen LogP contribution < -0.4 is 18.9 Å². The average Bonchev–Trinajstić information content (AvgIpc) is 3.92. The number of aliphatic carboxylic acids is 2. The number of nitrogens with zero attached hydrogens (tertiary/aromatic N) is 5. The summed E-state index contributed by atoms with van der Waals surface area (Å²) in [5.41, 5.74) is 9.76. The van der Waals surface area contributed by atoms with Crippen LogP contribution in [0.4, 0.5) is 0 Å². The van der Waals surface area contributed by atoms with Gasteiger partial charge in [-0.05, 0) is 140 Å². The Labute approximate surface area is 477 Å². The van der Waals surface area contributed by atoms with Crippen LogP contribution in [0, 0.1) is 0 Å². The van der Waals surface area contributed by atoms with Gasteiger partial charge in [0.05, 0.1) is 44.3 Å². The van der Waals surface area contributed by atoms with Crippen LogP contribution in [0.3, 0.4) is 0 Å². The van der Waals surface area contributed by atoms with Crippen molar-refractivity contribution in [2.45, 2.75) is 102 Å². The Balaban J connectivity index is 0.000000200. The van der Waals surface area contributed by atoms with E-state index in [-0.39, 0.29) is 41.6 Å². The minimum absolute atomic E-state index is 0.103. The molecule has 82 heavy (non-hydrogen) atoms. The van der Waals surface area contributed by atoms with Crippen LogP contribution >= 0.6 is 0 Å². The van der Waals surface area contributed by atoms with E-state index in [0.717, 1.165) is 122 Å². The van der Waals surface area contributed by atoms with Crippen molar-refractivity contribution in [2.75, 3.05) is 49.5 Å². The molecular weight excluding hydrogens is 1090 g/mol. The van der Waals surface area contributed by atoms with E-state index in [4.69, 9.17) is 9.47 Å². The van der Waals surface area contributed by atoms with E-state index in [0.29, 0.717) is 28.1 Å². The molecule has 10 rings (SSSR count). The zero-order valence-corrected chi connectivity index (χ0v) is 48.9. The maximum atomic E-state index is 13.8. The Morgan fingerprint density at radius 3 is 1.35 bits per heavy atom. The van der Waals surface area contributed by atoms with E-state index in [9.17, 15) is 51.0 Å². The second kappa shape index (κ2) is 23.6. The number of hydrogen-bond donors (Lipinski definition) is 4. The van der Waals surface area contributed by atoms with Crippen LogP contribution in [-0.4, -0.2) is 135 Å². The first-order valence-corrected chi connectivity index (χ1v) is 30.1. The highest BCUT2D eigenvalue weighted by atomic mass is 32.2. The molecule has 2 aliphatic carbocycles. The van der Waals surface area contributed by atoms with Gasteiger partial charge in [0.25, 0.3) is 17.7 Å². The standard InChI is InChI=1S/C32H38N4O7S.C28H31N3O6S/c1-19(32(39)40)35(4)31(38)23-15-22-16-24(43-5)12-14-25(22)29-28(20-9-7-6-8-10-20)26-13-11-21(17-27(26)36(29)18-23)30(37)33-44(41,42)34(2)3;1-30(2)38(35,36)29-27(32)18-9-11-23-24(15-18)31-16-20(28(33)34)13-19-14-21(37-3)10-12-22(19)26(31)25(23)17-7-5-4-6-8-17/h11-17,19-20H,6-10,18H2,1-5H3,(H,33,37)(H,39,40);9-15,17H,4-8,16H2,1-3H3,(H,29,32)(H,33,34)/t19-;/m1./s1. The van der Waals surface area contributed by atoms with E-state index in [2.05, 4.69) is 9.44 Å². The van der Waals surface area contributed by atoms with Gasteiger partial charge >= 0.3 is 32.4 Å². The Kier molecular flexibility index (Phi) is 16.9. The smallest absolute Gasteiger partial charge is 0.333 e. The number of carbonyl (C=O) groups is 5. The van der Waals surface area contributed by atoms with Crippen molar-refractivity contribution in [2.24, 2.45) is 0 Å². The maximum Gasteiger partial charge on any atom is 0.333 e. The summed E-state index contributed by atoms with van der Waals surface area (Å²) in [5, 5.41) is 21.5. The third-order valence-electron chi connectivity index (χ3n) is 16.3. The monoisotopic (exact) mass is 1160 g/mol. The van der Waals surface area contributed by atoms with Gasteiger partial charge < -0.3 is 33.7 Å². The third kappa shape index (κ3) is 11.5. The number of carboxylic acid groups (broad SMARTS) is 2. The second-order valence-corrected chi connectivity index (χ2v) is 25.5. The van der Waals surface area contributed by atoms with E-state index >= 15 is 0 Å². The fourth-order valence-corrected chi connectivity index (χ4v) is 12.8. The number of ether oxygens (including phenoxy) is 2. The summed E-state index contributed by atoms with van der Waals surface area (Å²) >= 11 is 0. The molecule has 0 saturated heterocycles. The minimum Gasteiger partial charge on any atom is -0.497 e. The maximum absolute atomic E-state index is 13.8. The number of rotatable bonds is 14. The molecule has 0 bridgehead atoms. The Morgan fingerprint density at radius 1 is 0.573 bits per heavy atom. The molecule has 4 N–H and O–H groups in total. The quantitative estimate of drug-likeness (QED) is 0.0798. The molecule has 20 nitrogen and oxygen atoms in total. The van der Waals surface area contributed by atoms with Crippen molar-refractivity contribution in [3.63, 3.8) is 0 Å². The molecule has 0 unspecified atom stereocenters. The number of hydrogen-bond acceptors (Lipinski definition) is 11. The number of aromatic nitrogens is 2. The molecule has 4 aromatic carbocycles. The first-order chi connectivity index (χ1) is 38.9. The lowest BCUT2D eigenvalue weighted by molar-refractivity contribution is -0.146. The first kappa shape index (κ1) is 58.9. The Morgan fingerprint density at radius 2 is 0.976 bits per heavy atom. The Hall–Kier alpha value is -7.79. The van der Waals surface area contributed by atoms with Crippen molar-refractivity contribution in [1.82, 2.24) is 32.1 Å². The molecule has 2 aromatic heterocycles. The normalized spacial score (nSPS) is 16.0. The number of likely N-dealkylation sites (N-methyl/N-ethyl adjacent to an activating group) is 1. The molecule has 0 radical (unpaired) electrons. The number of nitrogens with one attached hydrogen (secondary N) is 2. The van der Waals surface area contributed by atoms with Crippen LogP contribution in [0.5, 0.6) is 11.5 Å². The molecule has 2 fully saturated rings. The molecule has 3 amide bonds. The summed E-state index contributed by atoms with van der Waals surface area (Å²) in [4.78, 5) is 65.2. The second-order valence-electron chi connectivity index (χ2n) is 21.7. The van der Waals surface area contributed by atoms with Gasteiger partial charge in [-0.15, -0.1) is 0 Å². The van der Waals surface area contributed by atoms with Gasteiger partial charge in [-0.2, -0.15) is 25.4 Å². The number of carbonyl (C=O) groups excluding carboxylic acids is 3. The molecule has 1 atom stereocenters. The number of carboxylic acids is 2.